The summed E-state index contributed by atoms with van der Waals surface area (Å²) in [4.78, 5) is 9.73. The first-order valence-corrected chi connectivity index (χ1v) is 9.68. The Labute approximate surface area is 171 Å². The highest BCUT2D eigenvalue weighted by Gasteiger charge is 2.14. The Morgan fingerprint density at radius 3 is 2.43 bits per heavy atom. The molecule has 3 aromatic carbocycles. The Morgan fingerprint density at radius 2 is 1.61 bits per heavy atom. The van der Waals surface area contributed by atoms with Crippen LogP contribution in [-0.2, 0) is 6.54 Å². The van der Waals surface area contributed by atoms with Crippen molar-refractivity contribution in [2.45, 2.75) is 6.54 Å². The van der Waals surface area contributed by atoms with Crippen molar-refractivity contribution in [1.82, 2.24) is 14.5 Å². The molecule has 0 spiro atoms. The summed E-state index contributed by atoms with van der Waals surface area (Å²) in [5.41, 5.74) is 4.60. The van der Waals surface area contributed by atoms with Crippen molar-refractivity contribution in [2.24, 2.45) is 0 Å². The van der Waals surface area contributed by atoms with Gasteiger partial charge >= 0.3 is 0 Å². The summed E-state index contributed by atoms with van der Waals surface area (Å²) < 4.78 is 8.04. The van der Waals surface area contributed by atoms with E-state index >= 15 is 0 Å². The maximum atomic E-state index is 6.21. The van der Waals surface area contributed by atoms with Crippen LogP contribution in [0.1, 0.15) is 0 Å². The van der Waals surface area contributed by atoms with E-state index < -0.39 is 0 Å². The molecular weight excluding hydrogens is 393 g/mol. The number of hydrogen-bond donors (Lipinski definition) is 0. The summed E-state index contributed by atoms with van der Waals surface area (Å²) in [6.07, 6.45) is 0. The minimum Gasteiger partial charge on any atom is -0.490 e. The van der Waals surface area contributed by atoms with Crippen LogP contribution in [0.25, 0.3) is 33.1 Å². The van der Waals surface area contributed by atoms with Crippen LogP contribution < -0.4 is 4.74 Å². The molecule has 28 heavy (non-hydrogen) atoms. The average molecular weight is 408 g/mol. The molecule has 2 aromatic heterocycles. The van der Waals surface area contributed by atoms with E-state index in [0.29, 0.717) is 28.9 Å². The molecule has 0 unspecified atom stereocenters. The van der Waals surface area contributed by atoms with Crippen molar-refractivity contribution < 1.29 is 4.74 Å². The van der Waals surface area contributed by atoms with Crippen LogP contribution in [0.2, 0.25) is 10.0 Å². The van der Waals surface area contributed by atoms with E-state index in [4.69, 9.17) is 37.9 Å². The molecule has 0 N–H and O–H groups in total. The fraction of sp³-hybridized carbons (Fsp3) is 0.0909. The van der Waals surface area contributed by atoms with E-state index in [-0.39, 0.29) is 0 Å². The van der Waals surface area contributed by atoms with Gasteiger partial charge in [-0.15, -0.1) is 0 Å². The molecule has 0 aliphatic carbocycles. The van der Waals surface area contributed by atoms with Crippen LogP contribution in [0.4, 0.5) is 0 Å². The second-order valence-electron chi connectivity index (χ2n) is 6.48. The topological polar surface area (TPSA) is 39.9 Å². The van der Waals surface area contributed by atoms with E-state index in [1.54, 1.807) is 18.2 Å². The van der Waals surface area contributed by atoms with E-state index in [2.05, 4.69) is 16.7 Å². The first-order chi connectivity index (χ1) is 13.7. The number of hydrogen-bond acceptors (Lipinski definition) is 3. The van der Waals surface area contributed by atoms with Gasteiger partial charge in [-0.2, -0.15) is 0 Å². The summed E-state index contributed by atoms with van der Waals surface area (Å²) in [7, 11) is 0. The molecule has 6 heteroatoms. The number of para-hydroxylation sites is 3. The second kappa shape index (κ2) is 6.97. The number of benzene rings is 3. The third-order valence-electron chi connectivity index (χ3n) is 4.72. The highest BCUT2D eigenvalue weighted by Crippen LogP contribution is 2.29. The Hall–Kier alpha value is -2.82. The highest BCUT2D eigenvalue weighted by atomic mass is 35.5. The van der Waals surface area contributed by atoms with Crippen molar-refractivity contribution in [3.8, 4) is 5.75 Å². The fourth-order valence-corrected chi connectivity index (χ4v) is 3.91. The van der Waals surface area contributed by atoms with Crippen molar-refractivity contribution in [1.29, 1.82) is 0 Å². The maximum Gasteiger partial charge on any atom is 0.160 e. The standard InChI is InChI=1S/C22H15Cl2N3O/c23-14-9-10-20(16(24)13-14)28-12-11-27-19-8-4-1-5-15(19)21-22(27)26-18-7-3-2-6-17(18)25-21/h1-10,13H,11-12H2. The normalized spacial score (nSPS) is 11.5. The first-order valence-electron chi connectivity index (χ1n) is 8.92. The molecular formula is C22H15Cl2N3O. The van der Waals surface area contributed by atoms with E-state index in [1.807, 2.05) is 36.4 Å². The lowest BCUT2D eigenvalue weighted by Crippen LogP contribution is -2.09. The zero-order valence-electron chi connectivity index (χ0n) is 14.8. The molecule has 0 saturated carbocycles. The van der Waals surface area contributed by atoms with Gasteiger partial charge in [0.15, 0.2) is 5.65 Å². The molecule has 0 saturated heterocycles. The minimum absolute atomic E-state index is 0.448. The van der Waals surface area contributed by atoms with Gasteiger partial charge in [0, 0.05) is 10.4 Å². The predicted molar refractivity (Wildman–Crippen MR) is 114 cm³/mol. The maximum absolute atomic E-state index is 6.21. The van der Waals surface area contributed by atoms with Crippen molar-refractivity contribution in [2.75, 3.05) is 6.61 Å². The van der Waals surface area contributed by atoms with E-state index in [9.17, 15) is 0 Å². The van der Waals surface area contributed by atoms with Gasteiger partial charge in [0.05, 0.1) is 28.1 Å². The quantitative estimate of drug-likeness (QED) is 0.360. The molecule has 5 aromatic rings. The molecule has 0 aliphatic heterocycles. The number of halogens is 2. The lowest BCUT2D eigenvalue weighted by molar-refractivity contribution is 0.302. The zero-order chi connectivity index (χ0) is 19.1. The average Bonchev–Trinajstić information content (AvgIpc) is 3.01. The van der Waals surface area contributed by atoms with Crippen molar-refractivity contribution in [3.63, 3.8) is 0 Å². The van der Waals surface area contributed by atoms with Crippen molar-refractivity contribution in [3.05, 3.63) is 76.8 Å². The SMILES string of the molecule is Clc1ccc(OCCn2c3ccccc3c3nc4ccccc4nc32)c(Cl)c1. The van der Waals surface area contributed by atoms with Crippen LogP contribution >= 0.6 is 23.2 Å². The number of fused-ring (bicyclic) bond motifs is 4. The zero-order valence-corrected chi connectivity index (χ0v) is 16.3. The molecule has 4 nitrogen and oxygen atoms in total. The summed E-state index contributed by atoms with van der Waals surface area (Å²) >= 11 is 12.2. The largest absolute Gasteiger partial charge is 0.490 e. The second-order valence-corrected chi connectivity index (χ2v) is 7.32. The van der Waals surface area contributed by atoms with Gasteiger partial charge in [-0.25, -0.2) is 9.97 Å². The van der Waals surface area contributed by atoms with Gasteiger partial charge in [-0.05, 0) is 36.4 Å². The molecule has 0 bridgehead atoms. The van der Waals surface area contributed by atoms with Gasteiger partial charge < -0.3 is 9.30 Å². The predicted octanol–water partition coefficient (Wildman–Crippen LogP) is 6.12. The lowest BCUT2D eigenvalue weighted by Gasteiger charge is -2.10. The Morgan fingerprint density at radius 1 is 0.857 bits per heavy atom. The van der Waals surface area contributed by atoms with Gasteiger partial charge in [-0.3, -0.25) is 0 Å². The van der Waals surface area contributed by atoms with Crippen LogP contribution in [0.5, 0.6) is 5.75 Å². The summed E-state index contributed by atoms with van der Waals surface area (Å²) in [6, 6.07) is 21.3. The van der Waals surface area contributed by atoms with Gasteiger partial charge in [0.1, 0.15) is 17.9 Å². The monoisotopic (exact) mass is 407 g/mol. The van der Waals surface area contributed by atoms with Crippen LogP contribution in [-0.4, -0.2) is 21.1 Å². The summed E-state index contributed by atoms with van der Waals surface area (Å²) in [5.74, 6) is 0.614. The third kappa shape index (κ3) is 2.95. The number of nitrogens with zero attached hydrogens (tertiary/aromatic N) is 3. The third-order valence-corrected chi connectivity index (χ3v) is 5.25. The summed E-state index contributed by atoms with van der Waals surface area (Å²) in [6.45, 7) is 1.07. The van der Waals surface area contributed by atoms with Gasteiger partial charge in [0.2, 0.25) is 0 Å². The minimum atomic E-state index is 0.448. The van der Waals surface area contributed by atoms with Crippen LogP contribution in [0, 0.1) is 0 Å². The number of rotatable bonds is 4. The fourth-order valence-electron chi connectivity index (χ4n) is 3.45. The molecule has 2 heterocycles. The van der Waals surface area contributed by atoms with Crippen LogP contribution in [0.3, 0.4) is 0 Å². The highest BCUT2D eigenvalue weighted by molar-refractivity contribution is 6.35. The van der Waals surface area contributed by atoms with E-state index in [1.165, 1.54) is 0 Å². The summed E-state index contributed by atoms with van der Waals surface area (Å²) in [5, 5.41) is 2.17. The van der Waals surface area contributed by atoms with Crippen LogP contribution in [0.15, 0.2) is 66.7 Å². The van der Waals surface area contributed by atoms with Gasteiger partial charge in [0.25, 0.3) is 0 Å². The number of aromatic nitrogens is 3. The Balaban J connectivity index is 1.56. The molecule has 0 radical (unpaired) electrons. The Kier molecular flexibility index (Phi) is 4.30. The van der Waals surface area contributed by atoms with Gasteiger partial charge in [-0.1, -0.05) is 53.5 Å². The molecule has 5 rings (SSSR count). The molecule has 138 valence electrons. The number of ether oxygens (including phenoxy) is 1. The lowest BCUT2D eigenvalue weighted by atomic mass is 10.2. The smallest absolute Gasteiger partial charge is 0.160 e. The molecule has 0 aliphatic rings. The van der Waals surface area contributed by atoms with E-state index in [0.717, 1.165) is 33.1 Å². The first kappa shape index (κ1) is 17.3. The van der Waals surface area contributed by atoms with Crippen molar-refractivity contribution >= 4 is 56.3 Å². The molecule has 0 amide bonds. The molecule has 0 atom stereocenters. The Bertz CT molecular complexity index is 1330. The molecule has 0 fully saturated rings.